The summed E-state index contributed by atoms with van der Waals surface area (Å²) in [5.41, 5.74) is 1.26. The molecule has 0 radical (unpaired) electrons. The largest absolute Gasteiger partial charge is 0.380 e. The first kappa shape index (κ1) is 25.9. The second kappa shape index (κ2) is 9.90. The molecule has 0 aliphatic carbocycles. The standard InChI is InChI=1S/C20H25N3O8S3/c1-3-33(27,28)31-19-13-16(9-10-18(19)23-14-20(24)22-34(23,29)30)12-17(21-32(2,25)26)11-15-7-5-4-6-8-15/h4-10,13,17,21H,3,11-12,14H2,1-2H3,(H,22,24)/t17-/m0/s1. The summed E-state index contributed by atoms with van der Waals surface area (Å²) in [6.07, 6.45) is 1.56. The van der Waals surface area contributed by atoms with Crippen molar-refractivity contribution >= 4 is 41.9 Å². The third-order valence-electron chi connectivity index (χ3n) is 4.87. The van der Waals surface area contributed by atoms with E-state index in [4.69, 9.17) is 4.18 Å². The summed E-state index contributed by atoms with van der Waals surface area (Å²) in [5.74, 6) is -1.42. The molecule has 0 spiro atoms. The Bertz CT molecular complexity index is 1380. The van der Waals surface area contributed by atoms with Crippen LogP contribution in [0.1, 0.15) is 18.1 Å². The van der Waals surface area contributed by atoms with E-state index in [1.165, 1.54) is 25.1 Å². The molecule has 1 aliphatic heterocycles. The van der Waals surface area contributed by atoms with Crippen molar-refractivity contribution in [1.82, 2.24) is 9.44 Å². The van der Waals surface area contributed by atoms with Crippen LogP contribution in [0.5, 0.6) is 5.75 Å². The number of anilines is 1. The van der Waals surface area contributed by atoms with Gasteiger partial charge in [-0.05, 0) is 43.0 Å². The van der Waals surface area contributed by atoms with Crippen LogP contribution in [0.3, 0.4) is 0 Å². The molecule has 2 aromatic carbocycles. The fourth-order valence-corrected chi connectivity index (χ4v) is 5.91. The Hall–Kier alpha value is -2.68. The molecule has 1 fully saturated rings. The van der Waals surface area contributed by atoms with Crippen LogP contribution in [0, 0.1) is 0 Å². The molecule has 1 atom stereocenters. The van der Waals surface area contributed by atoms with E-state index >= 15 is 0 Å². The third kappa shape index (κ3) is 6.91. The number of hydrogen-bond acceptors (Lipinski definition) is 8. The Morgan fingerprint density at radius 1 is 1.06 bits per heavy atom. The highest BCUT2D eigenvalue weighted by atomic mass is 32.2. The molecule has 11 nitrogen and oxygen atoms in total. The Balaban J connectivity index is 1.99. The lowest BCUT2D eigenvalue weighted by Crippen LogP contribution is -2.37. The minimum atomic E-state index is -4.21. The molecule has 1 amide bonds. The summed E-state index contributed by atoms with van der Waals surface area (Å²) in [4.78, 5) is 11.7. The van der Waals surface area contributed by atoms with Crippen LogP contribution < -0.4 is 17.9 Å². The van der Waals surface area contributed by atoms with Gasteiger partial charge in [0.15, 0.2) is 5.75 Å². The molecule has 34 heavy (non-hydrogen) atoms. The van der Waals surface area contributed by atoms with Crippen LogP contribution in [0.25, 0.3) is 0 Å². The van der Waals surface area contributed by atoms with Crippen LogP contribution in [-0.4, -0.2) is 55.8 Å². The number of sulfonamides is 1. The van der Waals surface area contributed by atoms with E-state index in [0.29, 0.717) is 12.0 Å². The third-order valence-corrected chi connectivity index (χ3v) is 8.16. The second-order valence-corrected chi connectivity index (χ2v) is 13.0. The number of rotatable bonds is 10. The zero-order valence-electron chi connectivity index (χ0n) is 18.5. The second-order valence-electron chi connectivity index (χ2n) is 7.75. The van der Waals surface area contributed by atoms with Gasteiger partial charge < -0.3 is 4.18 Å². The van der Waals surface area contributed by atoms with Gasteiger partial charge in [0.2, 0.25) is 10.0 Å². The molecular weight excluding hydrogens is 506 g/mol. The van der Waals surface area contributed by atoms with Gasteiger partial charge in [-0.15, -0.1) is 0 Å². The summed E-state index contributed by atoms with van der Waals surface area (Å²) in [7, 11) is -11.8. The van der Waals surface area contributed by atoms with E-state index in [1.807, 2.05) is 35.1 Å². The summed E-state index contributed by atoms with van der Waals surface area (Å²) < 4.78 is 83.0. The maximum atomic E-state index is 12.3. The number of hydrogen-bond donors (Lipinski definition) is 2. The summed E-state index contributed by atoms with van der Waals surface area (Å²) in [5, 5.41) is 0. The fraction of sp³-hybridized carbons (Fsp3) is 0.350. The maximum absolute atomic E-state index is 12.3. The van der Waals surface area contributed by atoms with E-state index < -0.39 is 48.8 Å². The smallest absolute Gasteiger partial charge is 0.326 e. The lowest BCUT2D eigenvalue weighted by atomic mass is 9.99. The Kier molecular flexibility index (Phi) is 7.55. The topological polar surface area (TPSA) is 156 Å². The van der Waals surface area contributed by atoms with Gasteiger partial charge >= 0.3 is 20.3 Å². The molecule has 2 aromatic rings. The predicted octanol–water partition coefficient (Wildman–Crippen LogP) is 0.299. The normalized spacial score (nSPS) is 16.8. The quantitative estimate of drug-likeness (QED) is 0.415. The Labute approximate surface area is 199 Å². The Morgan fingerprint density at radius 3 is 2.26 bits per heavy atom. The number of benzene rings is 2. The number of carbonyl (C=O) groups excluding carboxylic acids is 1. The minimum Gasteiger partial charge on any atom is -0.380 e. The Morgan fingerprint density at radius 2 is 1.71 bits per heavy atom. The van der Waals surface area contributed by atoms with Crippen molar-refractivity contribution in [2.24, 2.45) is 0 Å². The lowest BCUT2D eigenvalue weighted by Gasteiger charge is -2.21. The monoisotopic (exact) mass is 531 g/mol. The van der Waals surface area contributed by atoms with Gasteiger partial charge in [0, 0.05) is 6.04 Å². The van der Waals surface area contributed by atoms with Crippen LogP contribution in [0.2, 0.25) is 0 Å². The average Bonchev–Trinajstić information content (AvgIpc) is 2.99. The molecular formula is C20H25N3O8S3. The zero-order valence-corrected chi connectivity index (χ0v) is 20.9. The van der Waals surface area contributed by atoms with Gasteiger partial charge in [-0.25, -0.2) is 22.2 Å². The molecule has 14 heteroatoms. The highest BCUT2D eigenvalue weighted by Crippen LogP contribution is 2.34. The summed E-state index contributed by atoms with van der Waals surface area (Å²) in [6.45, 7) is 0.832. The van der Waals surface area contributed by atoms with Crippen LogP contribution >= 0.6 is 0 Å². The number of carbonyl (C=O) groups is 1. The van der Waals surface area contributed by atoms with Gasteiger partial charge in [0.1, 0.15) is 6.54 Å². The van der Waals surface area contributed by atoms with Crippen molar-refractivity contribution in [3.05, 3.63) is 59.7 Å². The number of nitrogens with one attached hydrogen (secondary N) is 2. The van der Waals surface area contributed by atoms with E-state index in [9.17, 15) is 30.0 Å². The van der Waals surface area contributed by atoms with Gasteiger partial charge in [-0.2, -0.15) is 16.8 Å². The minimum absolute atomic E-state index is 0.130. The van der Waals surface area contributed by atoms with E-state index in [-0.39, 0.29) is 23.6 Å². The molecule has 1 heterocycles. The van der Waals surface area contributed by atoms with Crippen molar-refractivity contribution in [1.29, 1.82) is 0 Å². The first-order chi connectivity index (χ1) is 15.8. The van der Waals surface area contributed by atoms with Gasteiger partial charge in [-0.3, -0.25) is 4.79 Å². The number of amides is 1. The van der Waals surface area contributed by atoms with Crippen LogP contribution in [0.15, 0.2) is 48.5 Å². The van der Waals surface area contributed by atoms with Crippen LogP contribution in [0.4, 0.5) is 5.69 Å². The van der Waals surface area contributed by atoms with Gasteiger partial charge in [0.05, 0.1) is 17.7 Å². The van der Waals surface area contributed by atoms with Gasteiger partial charge in [0.25, 0.3) is 5.91 Å². The van der Waals surface area contributed by atoms with Crippen molar-refractivity contribution in [3.63, 3.8) is 0 Å². The molecule has 186 valence electrons. The highest BCUT2D eigenvalue weighted by Gasteiger charge is 2.36. The van der Waals surface area contributed by atoms with Gasteiger partial charge in [-0.1, -0.05) is 36.4 Å². The predicted molar refractivity (Wildman–Crippen MR) is 127 cm³/mol. The van der Waals surface area contributed by atoms with Crippen molar-refractivity contribution in [2.75, 3.05) is 22.9 Å². The molecule has 0 unspecified atom stereocenters. The van der Waals surface area contributed by atoms with Crippen molar-refractivity contribution < 1.29 is 34.2 Å². The zero-order chi connectivity index (χ0) is 25.1. The highest BCUT2D eigenvalue weighted by molar-refractivity contribution is 7.92. The molecule has 2 N–H and O–H groups in total. The SMILES string of the molecule is CCS(=O)(=O)Oc1cc(C[C@H](Cc2ccccc2)NS(C)(=O)=O)ccc1N1CC(=O)NS1(=O)=O. The lowest BCUT2D eigenvalue weighted by molar-refractivity contribution is -0.117. The fourth-order valence-electron chi connectivity index (χ4n) is 3.46. The number of nitrogens with zero attached hydrogens (tertiary/aromatic N) is 1. The molecule has 1 aliphatic rings. The summed E-state index contributed by atoms with van der Waals surface area (Å²) in [6, 6.07) is 12.8. The average molecular weight is 532 g/mol. The molecule has 1 saturated heterocycles. The van der Waals surface area contributed by atoms with Crippen molar-refractivity contribution in [3.8, 4) is 5.75 Å². The first-order valence-corrected chi connectivity index (χ1v) is 15.1. The molecule has 0 bridgehead atoms. The maximum Gasteiger partial charge on any atom is 0.326 e. The van der Waals surface area contributed by atoms with E-state index in [2.05, 4.69) is 4.72 Å². The molecule has 3 rings (SSSR count). The molecule has 0 saturated carbocycles. The van der Waals surface area contributed by atoms with Crippen LogP contribution in [-0.2, 0) is 48.0 Å². The van der Waals surface area contributed by atoms with E-state index in [1.54, 1.807) is 0 Å². The van der Waals surface area contributed by atoms with Crippen molar-refractivity contribution in [2.45, 2.75) is 25.8 Å². The molecule has 0 aromatic heterocycles. The first-order valence-electron chi connectivity index (χ1n) is 10.2. The summed E-state index contributed by atoms with van der Waals surface area (Å²) >= 11 is 0. The van der Waals surface area contributed by atoms with E-state index in [0.717, 1.165) is 16.1 Å².